The van der Waals surface area contributed by atoms with Gasteiger partial charge in [-0.1, -0.05) is 13.0 Å². The Kier molecular flexibility index (Phi) is 4.46. The zero-order chi connectivity index (χ0) is 17.6. The van der Waals surface area contributed by atoms with E-state index in [0.717, 1.165) is 45.1 Å². The molecular weight excluding hydrogens is 316 g/mol. The summed E-state index contributed by atoms with van der Waals surface area (Å²) in [5.41, 5.74) is 3.64. The van der Waals surface area contributed by atoms with Gasteiger partial charge in [0, 0.05) is 38.6 Å². The molecule has 3 atom stereocenters. The lowest BCUT2D eigenvalue weighted by molar-refractivity contribution is -0.137. The fourth-order valence-corrected chi connectivity index (χ4v) is 4.37. The number of carbonyl (C=O) groups excluding carboxylic acids is 1. The van der Waals surface area contributed by atoms with Gasteiger partial charge in [0.25, 0.3) is 5.91 Å². The number of carbonyl (C=O) groups is 1. The Balaban J connectivity index is 1.42. The molecule has 3 heterocycles. The van der Waals surface area contributed by atoms with Crippen molar-refractivity contribution in [2.75, 3.05) is 39.4 Å². The summed E-state index contributed by atoms with van der Waals surface area (Å²) in [5, 5.41) is 0. The highest BCUT2D eigenvalue weighted by Gasteiger charge is 2.40. The molecule has 0 bridgehead atoms. The van der Waals surface area contributed by atoms with E-state index < -0.39 is 0 Å². The average Bonchev–Trinajstić information content (AvgIpc) is 3.19. The molecule has 0 N–H and O–H groups in total. The second-order valence-electron chi connectivity index (χ2n) is 7.79. The first-order valence-corrected chi connectivity index (χ1v) is 9.40. The van der Waals surface area contributed by atoms with Gasteiger partial charge in [-0.25, -0.2) is 0 Å². The van der Waals surface area contributed by atoms with Gasteiger partial charge < -0.3 is 14.4 Å². The Labute approximate surface area is 149 Å². The zero-order valence-corrected chi connectivity index (χ0v) is 15.5. The standard InChI is InChI=1S/C20H28N2O3/c1-13-8-16-10-19(25-18(16)9-14(13)2)20(23)22-11-15(3)17(12-22)21-4-6-24-7-5-21/h8-9,15,17,19H,4-7,10-12H2,1-3H3. The Morgan fingerprint density at radius 2 is 1.84 bits per heavy atom. The van der Waals surface area contributed by atoms with Gasteiger partial charge in [-0.3, -0.25) is 9.69 Å². The van der Waals surface area contributed by atoms with E-state index in [1.54, 1.807) is 0 Å². The Morgan fingerprint density at radius 3 is 2.60 bits per heavy atom. The van der Waals surface area contributed by atoms with Crippen LogP contribution in [0, 0.1) is 19.8 Å². The normalized spacial score (nSPS) is 29.6. The van der Waals surface area contributed by atoms with E-state index in [2.05, 4.69) is 37.8 Å². The molecule has 136 valence electrons. The highest BCUT2D eigenvalue weighted by molar-refractivity contribution is 5.83. The van der Waals surface area contributed by atoms with Crippen molar-refractivity contribution >= 4 is 5.91 Å². The van der Waals surface area contributed by atoms with Crippen LogP contribution in [0.3, 0.4) is 0 Å². The number of amides is 1. The van der Waals surface area contributed by atoms with Crippen molar-refractivity contribution in [3.05, 3.63) is 28.8 Å². The number of benzene rings is 1. The minimum atomic E-state index is -0.355. The molecule has 4 rings (SSSR count). The van der Waals surface area contributed by atoms with Gasteiger partial charge in [-0.05, 0) is 42.5 Å². The van der Waals surface area contributed by atoms with Gasteiger partial charge in [0.2, 0.25) is 0 Å². The molecule has 5 nitrogen and oxygen atoms in total. The first-order chi connectivity index (χ1) is 12.0. The number of hydrogen-bond donors (Lipinski definition) is 0. The summed E-state index contributed by atoms with van der Waals surface area (Å²) in [7, 11) is 0. The predicted molar refractivity (Wildman–Crippen MR) is 96.0 cm³/mol. The van der Waals surface area contributed by atoms with Crippen LogP contribution in [0.5, 0.6) is 5.75 Å². The molecule has 3 unspecified atom stereocenters. The first kappa shape index (κ1) is 16.9. The van der Waals surface area contributed by atoms with Gasteiger partial charge in [-0.2, -0.15) is 0 Å². The summed E-state index contributed by atoms with van der Waals surface area (Å²) >= 11 is 0. The molecule has 0 radical (unpaired) electrons. The lowest BCUT2D eigenvalue weighted by atomic mass is 10.0. The quantitative estimate of drug-likeness (QED) is 0.820. The van der Waals surface area contributed by atoms with Crippen LogP contribution in [0.2, 0.25) is 0 Å². The van der Waals surface area contributed by atoms with Crippen LogP contribution >= 0.6 is 0 Å². The van der Waals surface area contributed by atoms with Crippen molar-refractivity contribution in [3.8, 4) is 5.75 Å². The van der Waals surface area contributed by atoms with Gasteiger partial charge in [0.1, 0.15) is 5.75 Å². The fraction of sp³-hybridized carbons (Fsp3) is 0.650. The lowest BCUT2D eigenvalue weighted by Crippen LogP contribution is -2.47. The number of rotatable bonds is 2. The van der Waals surface area contributed by atoms with Crippen LogP contribution < -0.4 is 4.74 Å². The van der Waals surface area contributed by atoms with Crippen molar-refractivity contribution in [1.82, 2.24) is 9.80 Å². The van der Waals surface area contributed by atoms with Gasteiger partial charge >= 0.3 is 0 Å². The van der Waals surface area contributed by atoms with Gasteiger partial charge in [0.05, 0.1) is 13.2 Å². The molecule has 1 aromatic carbocycles. The largest absolute Gasteiger partial charge is 0.480 e. The summed E-state index contributed by atoms with van der Waals surface area (Å²) in [4.78, 5) is 17.5. The van der Waals surface area contributed by atoms with Crippen molar-refractivity contribution in [1.29, 1.82) is 0 Å². The molecule has 0 saturated carbocycles. The molecule has 3 aliphatic heterocycles. The summed E-state index contributed by atoms with van der Waals surface area (Å²) < 4.78 is 11.5. The maximum absolute atomic E-state index is 13.0. The second-order valence-corrected chi connectivity index (χ2v) is 7.79. The number of morpholine rings is 1. The molecule has 0 aromatic heterocycles. The Hall–Kier alpha value is -1.59. The highest BCUT2D eigenvalue weighted by Crippen LogP contribution is 2.33. The van der Waals surface area contributed by atoms with Crippen LogP contribution in [-0.2, 0) is 16.0 Å². The summed E-state index contributed by atoms with van der Waals surface area (Å²) in [6.07, 6.45) is 0.342. The predicted octanol–water partition coefficient (Wildman–Crippen LogP) is 1.79. The maximum Gasteiger partial charge on any atom is 0.264 e. The molecular formula is C20H28N2O3. The van der Waals surface area contributed by atoms with Gasteiger partial charge in [0.15, 0.2) is 6.10 Å². The van der Waals surface area contributed by atoms with E-state index in [0.29, 0.717) is 18.4 Å². The van der Waals surface area contributed by atoms with E-state index in [1.807, 2.05) is 4.90 Å². The smallest absolute Gasteiger partial charge is 0.264 e. The zero-order valence-electron chi connectivity index (χ0n) is 15.5. The first-order valence-electron chi connectivity index (χ1n) is 9.40. The van der Waals surface area contributed by atoms with E-state index in [1.165, 1.54) is 16.7 Å². The minimum absolute atomic E-state index is 0.147. The van der Waals surface area contributed by atoms with Crippen LogP contribution in [0.15, 0.2) is 12.1 Å². The number of aryl methyl sites for hydroxylation is 2. The van der Waals surface area contributed by atoms with Crippen molar-refractivity contribution in [3.63, 3.8) is 0 Å². The Morgan fingerprint density at radius 1 is 1.12 bits per heavy atom. The number of hydrogen-bond acceptors (Lipinski definition) is 4. The molecule has 1 aromatic rings. The van der Waals surface area contributed by atoms with Crippen molar-refractivity contribution in [2.24, 2.45) is 5.92 Å². The van der Waals surface area contributed by atoms with E-state index >= 15 is 0 Å². The van der Waals surface area contributed by atoms with Crippen LogP contribution in [0.4, 0.5) is 0 Å². The summed E-state index contributed by atoms with van der Waals surface area (Å²) in [5.74, 6) is 1.53. The van der Waals surface area contributed by atoms with Crippen molar-refractivity contribution < 1.29 is 14.3 Å². The molecule has 5 heteroatoms. The van der Waals surface area contributed by atoms with E-state index in [-0.39, 0.29) is 12.0 Å². The maximum atomic E-state index is 13.0. The molecule has 1 amide bonds. The third kappa shape index (κ3) is 3.15. The molecule has 3 aliphatic rings. The second kappa shape index (κ2) is 6.61. The monoisotopic (exact) mass is 344 g/mol. The number of fused-ring (bicyclic) bond motifs is 1. The molecule has 0 spiro atoms. The topological polar surface area (TPSA) is 42.0 Å². The van der Waals surface area contributed by atoms with E-state index in [4.69, 9.17) is 9.47 Å². The molecule has 2 fully saturated rings. The SMILES string of the molecule is Cc1cc2c(cc1C)OC(C(=O)N1CC(C)C(N3CCOCC3)C1)C2. The Bertz CT molecular complexity index is 638. The summed E-state index contributed by atoms with van der Waals surface area (Å²) in [6.45, 7) is 11.6. The highest BCUT2D eigenvalue weighted by atomic mass is 16.5. The van der Waals surface area contributed by atoms with Gasteiger partial charge in [-0.15, -0.1) is 0 Å². The molecule has 25 heavy (non-hydrogen) atoms. The van der Waals surface area contributed by atoms with Crippen LogP contribution in [0.1, 0.15) is 23.6 Å². The van der Waals surface area contributed by atoms with Crippen LogP contribution in [0.25, 0.3) is 0 Å². The summed E-state index contributed by atoms with van der Waals surface area (Å²) in [6, 6.07) is 4.68. The number of nitrogens with zero attached hydrogens (tertiary/aromatic N) is 2. The minimum Gasteiger partial charge on any atom is -0.480 e. The molecule has 0 aliphatic carbocycles. The molecule has 2 saturated heterocycles. The third-order valence-corrected chi connectivity index (χ3v) is 6.03. The van der Waals surface area contributed by atoms with E-state index in [9.17, 15) is 4.79 Å². The third-order valence-electron chi connectivity index (χ3n) is 6.03. The average molecular weight is 344 g/mol. The van der Waals surface area contributed by atoms with Crippen LogP contribution in [-0.4, -0.2) is 67.2 Å². The number of ether oxygens (including phenoxy) is 2. The number of likely N-dealkylation sites (tertiary alicyclic amines) is 1. The fourth-order valence-electron chi connectivity index (χ4n) is 4.37. The van der Waals surface area contributed by atoms with Crippen molar-refractivity contribution in [2.45, 2.75) is 39.3 Å². The lowest BCUT2D eigenvalue weighted by Gasteiger charge is -2.34.